The smallest absolute Gasteiger partial charge is 0.343 e. The largest absolute Gasteiger partial charge is 0.458 e. The van der Waals surface area contributed by atoms with E-state index in [1.807, 2.05) is 24.3 Å². The summed E-state index contributed by atoms with van der Waals surface area (Å²) in [7, 11) is 0. The molecule has 43 heavy (non-hydrogen) atoms. The quantitative estimate of drug-likeness (QED) is 0.318. The molecule has 8 rings (SSSR count). The number of morpholine rings is 1. The zero-order valence-electron chi connectivity index (χ0n) is 23.6. The molecule has 10 nitrogen and oxygen atoms in total. The molecule has 0 amide bonds. The predicted molar refractivity (Wildman–Crippen MR) is 159 cm³/mol. The zero-order valence-corrected chi connectivity index (χ0v) is 23.6. The van der Waals surface area contributed by atoms with Gasteiger partial charge in [0.15, 0.2) is 17.1 Å². The summed E-state index contributed by atoms with van der Waals surface area (Å²) in [6.45, 7) is 4.97. The maximum absolute atomic E-state index is 13.8. The molecule has 6 heterocycles. The molecule has 0 spiro atoms. The Labute approximate surface area is 246 Å². The van der Waals surface area contributed by atoms with Crippen LogP contribution in [0.25, 0.3) is 34.4 Å². The highest BCUT2D eigenvalue weighted by Crippen LogP contribution is 2.43. The molecule has 0 saturated carbocycles. The third-order valence-corrected chi connectivity index (χ3v) is 8.94. The van der Waals surface area contributed by atoms with Gasteiger partial charge in [0.2, 0.25) is 6.79 Å². The number of para-hydroxylation sites is 1. The SMILES string of the molecule is CC[C@@]1(O)C(=O)OCc2c1cc1n(c2=O)Cc2c-1nc1cc3c(cc1c2C=Cc1ccccc1N1CCOCC1)OCO3. The van der Waals surface area contributed by atoms with E-state index in [0.29, 0.717) is 52.7 Å². The average Bonchev–Trinajstić information content (AvgIpc) is 3.65. The number of cyclic esters (lactones) is 1. The van der Waals surface area contributed by atoms with Crippen LogP contribution in [-0.4, -0.2) is 53.7 Å². The van der Waals surface area contributed by atoms with Crippen molar-refractivity contribution in [3.63, 3.8) is 0 Å². The van der Waals surface area contributed by atoms with Crippen LogP contribution in [-0.2, 0) is 33.0 Å². The van der Waals surface area contributed by atoms with Gasteiger partial charge in [0.25, 0.3) is 5.56 Å². The molecule has 1 N–H and O–H groups in total. The minimum absolute atomic E-state index is 0.0831. The van der Waals surface area contributed by atoms with E-state index in [0.717, 1.165) is 40.9 Å². The highest BCUT2D eigenvalue weighted by molar-refractivity contribution is 5.98. The number of anilines is 1. The van der Waals surface area contributed by atoms with E-state index in [2.05, 4.69) is 29.2 Å². The van der Waals surface area contributed by atoms with Crippen LogP contribution in [0.15, 0.2) is 47.3 Å². The number of aromatic nitrogens is 2. The number of aliphatic hydroxyl groups is 1. The van der Waals surface area contributed by atoms with Crippen LogP contribution in [0.5, 0.6) is 11.5 Å². The second kappa shape index (κ2) is 9.68. The Bertz CT molecular complexity index is 1920. The third kappa shape index (κ3) is 3.90. The summed E-state index contributed by atoms with van der Waals surface area (Å²) in [5.74, 6) is 0.507. The van der Waals surface area contributed by atoms with E-state index in [-0.39, 0.29) is 31.9 Å². The van der Waals surface area contributed by atoms with Gasteiger partial charge in [0.1, 0.15) is 6.61 Å². The molecule has 2 aromatic carbocycles. The molecule has 1 atom stereocenters. The van der Waals surface area contributed by atoms with Crippen molar-refractivity contribution in [2.24, 2.45) is 0 Å². The Kier molecular flexibility index (Phi) is 5.85. The molecule has 0 radical (unpaired) electrons. The third-order valence-electron chi connectivity index (χ3n) is 8.94. The van der Waals surface area contributed by atoms with Crippen molar-refractivity contribution in [3.8, 4) is 22.9 Å². The van der Waals surface area contributed by atoms with Crippen molar-refractivity contribution in [1.82, 2.24) is 9.55 Å². The fourth-order valence-corrected chi connectivity index (χ4v) is 6.58. The van der Waals surface area contributed by atoms with Gasteiger partial charge in [-0.1, -0.05) is 37.3 Å². The first-order valence-electron chi connectivity index (χ1n) is 14.5. The number of hydrogen-bond donors (Lipinski definition) is 1. The van der Waals surface area contributed by atoms with Gasteiger partial charge < -0.3 is 33.5 Å². The van der Waals surface area contributed by atoms with E-state index >= 15 is 0 Å². The van der Waals surface area contributed by atoms with E-state index in [9.17, 15) is 14.7 Å². The van der Waals surface area contributed by atoms with E-state index < -0.39 is 11.6 Å². The van der Waals surface area contributed by atoms with Gasteiger partial charge in [-0.25, -0.2) is 9.78 Å². The topological polar surface area (TPSA) is 112 Å². The molecule has 4 aliphatic rings. The van der Waals surface area contributed by atoms with Gasteiger partial charge in [-0.15, -0.1) is 0 Å². The maximum Gasteiger partial charge on any atom is 0.343 e. The number of hydrogen-bond acceptors (Lipinski definition) is 9. The maximum atomic E-state index is 13.8. The molecule has 10 heteroatoms. The average molecular weight is 580 g/mol. The summed E-state index contributed by atoms with van der Waals surface area (Å²) < 4.78 is 23.8. The molecular formula is C33H29N3O7. The Hall–Kier alpha value is -4.67. The summed E-state index contributed by atoms with van der Waals surface area (Å²) in [5, 5.41) is 12.2. The first kappa shape index (κ1) is 26.0. The fraction of sp³-hybridized carbons (Fsp3) is 0.303. The standard InChI is InChI=1S/C33H29N3O7/c1-2-33(39)24-14-27-30-22(16-36(27)31(37)23(24)17-41-32(33)38)20(21-13-28-29(43-18-42-28)15-25(21)34-30)8-7-19-5-3-4-6-26(19)35-9-11-40-12-10-35/h3-8,13-15,39H,2,9-12,16-18H2,1H3/t33-/m0/s1. The van der Waals surface area contributed by atoms with Gasteiger partial charge in [-0.3, -0.25) is 4.79 Å². The Morgan fingerprint density at radius 2 is 1.79 bits per heavy atom. The van der Waals surface area contributed by atoms with Crippen molar-refractivity contribution >= 4 is 34.7 Å². The van der Waals surface area contributed by atoms with Gasteiger partial charge in [0.05, 0.1) is 42.2 Å². The molecule has 218 valence electrons. The molecule has 0 aliphatic carbocycles. The summed E-state index contributed by atoms with van der Waals surface area (Å²) in [6, 6.07) is 13.8. The van der Waals surface area contributed by atoms with E-state index in [4.69, 9.17) is 23.9 Å². The van der Waals surface area contributed by atoms with Crippen LogP contribution < -0.4 is 19.9 Å². The lowest BCUT2D eigenvalue weighted by Gasteiger charge is -2.31. The van der Waals surface area contributed by atoms with Crippen LogP contribution in [0.3, 0.4) is 0 Å². The van der Waals surface area contributed by atoms with Crippen LogP contribution in [0.2, 0.25) is 0 Å². The Morgan fingerprint density at radius 1 is 1.00 bits per heavy atom. The van der Waals surface area contributed by atoms with Gasteiger partial charge >= 0.3 is 5.97 Å². The van der Waals surface area contributed by atoms with Gasteiger partial charge in [-0.2, -0.15) is 0 Å². The van der Waals surface area contributed by atoms with Crippen molar-refractivity contribution < 1.29 is 28.8 Å². The summed E-state index contributed by atoms with van der Waals surface area (Å²) >= 11 is 0. The zero-order chi connectivity index (χ0) is 29.3. The minimum atomic E-state index is -1.89. The lowest BCUT2D eigenvalue weighted by Crippen LogP contribution is -2.44. The first-order chi connectivity index (χ1) is 21.0. The molecular weight excluding hydrogens is 550 g/mol. The van der Waals surface area contributed by atoms with E-state index in [1.165, 1.54) is 0 Å². The lowest BCUT2D eigenvalue weighted by atomic mass is 9.86. The van der Waals surface area contributed by atoms with Crippen LogP contribution in [0, 0.1) is 0 Å². The number of carbonyl (C=O) groups is 1. The summed E-state index contributed by atoms with van der Waals surface area (Å²) in [4.78, 5) is 33.8. The van der Waals surface area contributed by atoms with Crippen molar-refractivity contribution in [3.05, 3.63) is 80.6 Å². The van der Waals surface area contributed by atoms with E-state index in [1.54, 1.807) is 17.6 Å². The monoisotopic (exact) mass is 579 g/mol. The van der Waals surface area contributed by atoms with Crippen molar-refractivity contribution in [2.75, 3.05) is 38.0 Å². The first-order valence-corrected chi connectivity index (χ1v) is 14.5. The lowest BCUT2D eigenvalue weighted by molar-refractivity contribution is -0.172. The number of esters is 1. The number of nitrogens with zero attached hydrogens (tertiary/aromatic N) is 3. The predicted octanol–water partition coefficient (Wildman–Crippen LogP) is 3.82. The second-order valence-electron chi connectivity index (χ2n) is 11.2. The highest BCUT2D eigenvalue weighted by atomic mass is 16.7. The molecule has 0 bridgehead atoms. The normalized spacial score (nSPS) is 20.3. The second-order valence-corrected chi connectivity index (χ2v) is 11.2. The van der Waals surface area contributed by atoms with Gasteiger partial charge in [-0.05, 0) is 35.7 Å². The number of rotatable bonds is 4. The number of benzene rings is 2. The summed E-state index contributed by atoms with van der Waals surface area (Å²) in [5.41, 5.74) is 4.26. The molecule has 1 fully saturated rings. The van der Waals surface area contributed by atoms with Crippen molar-refractivity contribution in [1.29, 1.82) is 0 Å². The number of ether oxygens (including phenoxy) is 4. The fourth-order valence-electron chi connectivity index (χ4n) is 6.58. The van der Waals surface area contributed by atoms with Crippen LogP contribution in [0.1, 0.15) is 41.2 Å². The molecule has 4 aliphatic heterocycles. The van der Waals surface area contributed by atoms with Crippen LogP contribution in [0.4, 0.5) is 5.69 Å². The summed E-state index contributed by atoms with van der Waals surface area (Å²) in [6.07, 6.45) is 4.26. The number of fused-ring (bicyclic) bond motifs is 6. The Balaban J connectivity index is 1.33. The van der Waals surface area contributed by atoms with Crippen LogP contribution >= 0.6 is 0 Å². The van der Waals surface area contributed by atoms with Crippen molar-refractivity contribution in [2.45, 2.75) is 32.1 Å². The minimum Gasteiger partial charge on any atom is -0.458 e. The number of carbonyl (C=O) groups excluding carboxylic acids is 1. The molecule has 0 unspecified atom stereocenters. The molecule has 4 aromatic rings. The molecule has 1 saturated heterocycles. The molecule has 2 aromatic heterocycles. The van der Waals surface area contributed by atoms with Gasteiger partial charge in [0, 0.05) is 41.4 Å². The number of pyridine rings is 2. The Morgan fingerprint density at radius 3 is 2.60 bits per heavy atom. The highest BCUT2D eigenvalue weighted by Gasteiger charge is 2.45.